The summed E-state index contributed by atoms with van der Waals surface area (Å²) in [5, 5.41) is 13.3. The van der Waals surface area contributed by atoms with Crippen molar-refractivity contribution in [2.45, 2.75) is 63.6 Å². The van der Waals surface area contributed by atoms with Gasteiger partial charge in [-0.2, -0.15) is 0 Å². The van der Waals surface area contributed by atoms with Gasteiger partial charge in [0.1, 0.15) is 18.1 Å². The third kappa shape index (κ3) is 14.4. The highest BCUT2D eigenvalue weighted by atomic mass is 16.2. The molecule has 0 aromatic heterocycles. The molecule has 0 saturated carbocycles. The number of amides is 6. The predicted octanol–water partition coefficient (Wildman–Crippen LogP) is 4.55. The molecule has 7 N–H and O–H groups in total. The molecule has 5 aromatic carbocycles. The normalized spacial score (nSPS) is 18.0. The number of carbonyl (C=O) groups is 6. The van der Waals surface area contributed by atoms with Gasteiger partial charge in [0, 0.05) is 31.4 Å². The number of hydrogen-bond acceptors (Lipinski definition) is 6. The van der Waals surface area contributed by atoms with Gasteiger partial charge in [0.25, 0.3) is 0 Å². The van der Waals surface area contributed by atoms with E-state index in [1.165, 1.54) is 16.7 Å². The number of fused-ring (bicyclic) bond motifs is 18. The van der Waals surface area contributed by atoms with E-state index in [0.717, 1.165) is 11.1 Å². The van der Waals surface area contributed by atoms with Crippen LogP contribution in [-0.4, -0.2) is 60.1 Å². The Morgan fingerprint density at radius 1 is 0.593 bits per heavy atom. The minimum absolute atomic E-state index is 0.0713. The second-order valence-corrected chi connectivity index (χ2v) is 14.3. The molecule has 2 aliphatic rings. The van der Waals surface area contributed by atoms with Crippen LogP contribution in [0.5, 0.6) is 0 Å². The summed E-state index contributed by atoms with van der Waals surface area (Å²) in [5.74, 6) is -3.53. The van der Waals surface area contributed by atoms with Gasteiger partial charge in [-0.1, -0.05) is 133 Å². The molecule has 0 fully saturated rings. The number of primary amides is 1. The van der Waals surface area contributed by atoms with Crippen LogP contribution in [0.1, 0.15) is 41.5 Å². The number of benzene rings is 5. The van der Waals surface area contributed by atoms with Gasteiger partial charge in [-0.3, -0.25) is 28.8 Å². The Hall–Kier alpha value is -7.08. The topological polar surface area (TPSA) is 189 Å². The Morgan fingerprint density at radius 3 is 1.78 bits per heavy atom. The number of aryl methyl sites for hydroxylation is 2. The highest BCUT2D eigenvalue weighted by Crippen LogP contribution is 2.19. The Balaban J connectivity index is 0.000000428. The first-order chi connectivity index (χ1) is 28.5. The van der Waals surface area contributed by atoms with Crippen molar-refractivity contribution in [1.82, 2.24) is 21.3 Å². The summed E-state index contributed by atoms with van der Waals surface area (Å²) in [5.41, 5.74) is 12.4. The fraction of sp³-hybridized carbons (Fsp3) is 0.234. The zero-order valence-corrected chi connectivity index (χ0v) is 33.0. The Morgan fingerprint density at radius 2 is 1.15 bits per heavy atom. The first kappa shape index (κ1) is 43.1. The average molecular weight is 795 g/mol. The number of rotatable bonds is 7. The van der Waals surface area contributed by atoms with Crippen molar-refractivity contribution in [3.63, 3.8) is 0 Å². The van der Waals surface area contributed by atoms with Gasteiger partial charge in [-0.15, -0.1) is 0 Å². The molecule has 0 saturated heterocycles. The average Bonchev–Trinajstić information content (AvgIpc) is 3.25. The molecule has 2 aliphatic heterocycles. The maximum atomic E-state index is 13.4. The summed E-state index contributed by atoms with van der Waals surface area (Å²) in [6.07, 6.45) is 0.623. The van der Waals surface area contributed by atoms with E-state index in [1.807, 2.05) is 42.5 Å². The van der Waals surface area contributed by atoms with E-state index in [1.54, 1.807) is 48.5 Å². The molecule has 12 nitrogen and oxygen atoms in total. The van der Waals surface area contributed by atoms with Gasteiger partial charge < -0.3 is 32.3 Å². The van der Waals surface area contributed by atoms with E-state index in [0.29, 0.717) is 17.7 Å². The van der Waals surface area contributed by atoms with Crippen LogP contribution in [0.25, 0.3) is 11.1 Å². The largest absolute Gasteiger partial charge is 0.368 e. The lowest BCUT2D eigenvalue weighted by molar-refractivity contribution is -0.132. The molecule has 0 unspecified atom stereocenters. The lowest BCUT2D eigenvalue weighted by Crippen LogP contribution is -2.56. The molecule has 2 bridgehead atoms. The minimum atomic E-state index is -1.09. The molecule has 304 valence electrons. The van der Waals surface area contributed by atoms with Gasteiger partial charge in [-0.25, -0.2) is 0 Å². The Bertz CT molecular complexity index is 2160. The van der Waals surface area contributed by atoms with Crippen molar-refractivity contribution >= 4 is 41.1 Å². The lowest BCUT2D eigenvalue weighted by Gasteiger charge is -2.23. The zero-order chi connectivity index (χ0) is 42.0. The van der Waals surface area contributed by atoms with Crippen LogP contribution in [0.3, 0.4) is 0 Å². The number of carbonyl (C=O) groups excluding carboxylic acids is 6. The molecule has 2 heterocycles. The summed E-state index contributed by atoms with van der Waals surface area (Å²) in [6, 6.07) is 40.9. The highest BCUT2D eigenvalue weighted by molar-refractivity contribution is 5.96. The van der Waals surface area contributed by atoms with E-state index in [-0.39, 0.29) is 32.1 Å². The molecule has 3 atom stereocenters. The molecule has 7 rings (SSSR count). The molecule has 12 heteroatoms. The molecular formula is C47H50N6O6. The molecule has 0 radical (unpaired) electrons. The van der Waals surface area contributed by atoms with Crippen LogP contribution < -0.4 is 32.3 Å². The van der Waals surface area contributed by atoms with Crippen LogP contribution >= 0.6 is 0 Å². The number of anilines is 1. The second kappa shape index (κ2) is 22.0. The summed E-state index contributed by atoms with van der Waals surface area (Å²) in [6.45, 7) is 1.64. The van der Waals surface area contributed by atoms with E-state index >= 15 is 0 Å². The number of hydrogen-bond donors (Lipinski definition) is 6. The van der Waals surface area contributed by atoms with E-state index in [4.69, 9.17) is 5.73 Å². The molecule has 6 amide bonds. The Kier molecular flexibility index (Phi) is 16.1. The number of nitrogens with one attached hydrogen (secondary N) is 5. The lowest BCUT2D eigenvalue weighted by atomic mass is 10.0. The van der Waals surface area contributed by atoms with E-state index in [9.17, 15) is 28.8 Å². The van der Waals surface area contributed by atoms with E-state index < -0.39 is 60.1 Å². The zero-order valence-electron chi connectivity index (χ0n) is 33.0. The van der Waals surface area contributed by atoms with Crippen LogP contribution in [0.2, 0.25) is 0 Å². The first-order valence-corrected chi connectivity index (χ1v) is 19.6. The molecule has 59 heavy (non-hydrogen) atoms. The molecule has 0 aliphatic carbocycles. The van der Waals surface area contributed by atoms with Crippen LogP contribution in [0.4, 0.5) is 5.69 Å². The maximum Gasteiger partial charge on any atom is 0.243 e. The van der Waals surface area contributed by atoms with Crippen molar-refractivity contribution in [3.8, 4) is 11.1 Å². The summed E-state index contributed by atoms with van der Waals surface area (Å²) >= 11 is 0. The SMILES string of the molecule is Cc1ccc(-c2ccccc2)cc1.NC(=O)[C@@H]1Cc2ccc(cc2)NC(=O)CCC(=O)N[C@H](CCc2ccccc2)C(=O)NCC(=O)N[C@H](Cc2ccccc2)C(=O)N1. The molecular weight excluding hydrogens is 745 g/mol. The standard InChI is InChI=1S/C34H38N6O6.C13H12/c35-32(44)27-19-24-11-14-25(15-12-24)37-29(41)17-18-30(42)38-26(16-13-22-7-3-1-4-8-22)33(45)36-21-31(43)39-28(34(46)40-27)20-23-9-5-2-6-10-23;1-11-7-9-13(10-8-11)12-5-3-2-4-6-12/h1-12,14-15,26-28H,13,16-21H2,(H2,35,44)(H,36,45)(H,37,41)(H,38,42)(H,39,43)(H,40,46);2-10H,1H3/t26-,27+,28-;/m1./s1. The minimum Gasteiger partial charge on any atom is -0.368 e. The van der Waals surface area contributed by atoms with Crippen LogP contribution in [-0.2, 0) is 48.0 Å². The van der Waals surface area contributed by atoms with E-state index in [2.05, 4.69) is 82.0 Å². The summed E-state index contributed by atoms with van der Waals surface area (Å²) in [4.78, 5) is 77.4. The van der Waals surface area contributed by atoms with Crippen molar-refractivity contribution in [2.24, 2.45) is 5.73 Å². The maximum absolute atomic E-state index is 13.4. The fourth-order valence-corrected chi connectivity index (χ4v) is 6.37. The van der Waals surface area contributed by atoms with Gasteiger partial charge in [0.15, 0.2) is 0 Å². The monoisotopic (exact) mass is 794 g/mol. The summed E-state index contributed by atoms with van der Waals surface area (Å²) in [7, 11) is 0. The van der Waals surface area contributed by atoms with Crippen LogP contribution in [0.15, 0.2) is 140 Å². The second-order valence-electron chi connectivity index (χ2n) is 14.3. The van der Waals surface area contributed by atoms with Crippen molar-refractivity contribution in [1.29, 1.82) is 0 Å². The molecule has 0 spiro atoms. The van der Waals surface area contributed by atoms with Crippen molar-refractivity contribution in [3.05, 3.63) is 162 Å². The quantitative estimate of drug-likeness (QED) is 0.131. The molecule has 5 aromatic rings. The Labute approximate surface area is 344 Å². The number of nitrogens with two attached hydrogens (primary N) is 1. The van der Waals surface area contributed by atoms with Gasteiger partial charge in [0.05, 0.1) is 6.54 Å². The first-order valence-electron chi connectivity index (χ1n) is 19.6. The van der Waals surface area contributed by atoms with Crippen LogP contribution in [0, 0.1) is 6.92 Å². The van der Waals surface area contributed by atoms with Crippen molar-refractivity contribution in [2.75, 3.05) is 11.9 Å². The third-order valence-electron chi connectivity index (χ3n) is 9.65. The highest BCUT2D eigenvalue weighted by Gasteiger charge is 2.27. The van der Waals surface area contributed by atoms with Crippen molar-refractivity contribution < 1.29 is 28.8 Å². The van der Waals surface area contributed by atoms with Gasteiger partial charge >= 0.3 is 0 Å². The third-order valence-corrected chi connectivity index (χ3v) is 9.65. The van der Waals surface area contributed by atoms with Gasteiger partial charge in [0.2, 0.25) is 35.4 Å². The smallest absolute Gasteiger partial charge is 0.243 e. The van der Waals surface area contributed by atoms with Gasteiger partial charge in [-0.05, 0) is 59.7 Å². The fourth-order valence-electron chi connectivity index (χ4n) is 6.37. The summed E-state index contributed by atoms with van der Waals surface area (Å²) < 4.78 is 0. The predicted molar refractivity (Wildman–Crippen MR) is 228 cm³/mol.